The summed E-state index contributed by atoms with van der Waals surface area (Å²) in [4.78, 5) is 23.4. The number of cyclic esters (lactones) is 2. The molecule has 118 valence electrons. The average molecular weight is 316 g/mol. The second kappa shape index (κ2) is 5.02. The van der Waals surface area contributed by atoms with Gasteiger partial charge in [0.2, 0.25) is 0 Å². The van der Waals surface area contributed by atoms with Crippen molar-refractivity contribution in [1.29, 1.82) is 0 Å². The van der Waals surface area contributed by atoms with Crippen molar-refractivity contribution in [2.75, 3.05) is 0 Å². The van der Waals surface area contributed by atoms with E-state index in [0.29, 0.717) is 22.6 Å². The third kappa shape index (κ3) is 2.17. The Balaban J connectivity index is 1.63. The molecule has 1 aliphatic carbocycles. The summed E-state index contributed by atoms with van der Waals surface area (Å²) in [5.74, 6) is -2.06. The molecule has 4 atom stereocenters. The zero-order valence-electron chi connectivity index (χ0n) is 11.7. The summed E-state index contributed by atoms with van der Waals surface area (Å²) in [5.41, 5.74) is 0.847. The Bertz CT molecular complexity index is 764. The normalized spacial score (nSPS) is 31.5. The first kappa shape index (κ1) is 14.1. The van der Waals surface area contributed by atoms with E-state index in [9.17, 15) is 19.8 Å². The van der Waals surface area contributed by atoms with Crippen LogP contribution in [0.15, 0.2) is 42.2 Å². The van der Waals surface area contributed by atoms with E-state index in [4.69, 9.17) is 9.47 Å². The molecule has 1 aromatic rings. The zero-order valence-corrected chi connectivity index (χ0v) is 11.7. The largest absolute Gasteiger partial charge is 0.461 e. The van der Waals surface area contributed by atoms with Gasteiger partial charge < -0.3 is 24.4 Å². The van der Waals surface area contributed by atoms with Crippen molar-refractivity contribution in [1.82, 2.24) is 0 Å². The highest BCUT2D eigenvalue weighted by Gasteiger charge is 2.47. The molecule has 2 N–H and O–H groups in total. The summed E-state index contributed by atoms with van der Waals surface area (Å²) < 4.78 is 15.2. The molecule has 3 aliphatic rings. The number of fused-ring (bicyclic) bond motifs is 2. The highest BCUT2D eigenvalue weighted by atomic mass is 16.7. The average Bonchev–Trinajstić information content (AvgIpc) is 2.97. The minimum atomic E-state index is -1.24. The van der Waals surface area contributed by atoms with E-state index >= 15 is 0 Å². The molecule has 1 saturated heterocycles. The summed E-state index contributed by atoms with van der Waals surface area (Å²) in [6.45, 7) is 0. The molecule has 2 heterocycles. The smallest absolute Gasteiger partial charge is 0.325 e. The van der Waals surface area contributed by atoms with E-state index in [1.54, 1.807) is 30.4 Å². The number of aliphatic hydroxyl groups excluding tert-OH is 2. The van der Waals surface area contributed by atoms with Crippen molar-refractivity contribution in [3.8, 4) is 5.75 Å². The fourth-order valence-electron chi connectivity index (χ4n) is 2.93. The standard InChI is InChI=1S/C16H12O7/c17-13-8-5-4-7(6-10(8)15(19)22-13)21-11-3-1-2-9-12(11)16(20)23-14(9)18/h1-6,9,12-13,15,17,19H. The molecule has 1 aromatic carbocycles. The molecule has 7 heteroatoms. The van der Waals surface area contributed by atoms with E-state index in [2.05, 4.69) is 4.74 Å². The highest BCUT2D eigenvalue weighted by Crippen LogP contribution is 2.40. The second-order valence-electron chi connectivity index (χ2n) is 5.43. The third-order valence-electron chi connectivity index (χ3n) is 4.06. The Kier molecular flexibility index (Phi) is 3.08. The monoisotopic (exact) mass is 316 g/mol. The lowest BCUT2D eigenvalue weighted by atomic mass is 9.89. The van der Waals surface area contributed by atoms with Gasteiger partial charge in [-0.05, 0) is 24.3 Å². The Morgan fingerprint density at radius 1 is 1.04 bits per heavy atom. The number of carbonyl (C=O) groups excluding carboxylic acids is 2. The van der Waals surface area contributed by atoms with Gasteiger partial charge in [0, 0.05) is 11.1 Å². The zero-order chi connectivity index (χ0) is 16.1. The minimum absolute atomic E-state index is 0.294. The molecule has 4 rings (SSSR count). The lowest BCUT2D eigenvalue weighted by Crippen LogP contribution is -2.23. The SMILES string of the molecule is O=C1OC(=O)C2C(Oc3ccc4c(c3)C(O)OC4O)=CC=CC12. The molecule has 7 nitrogen and oxygen atoms in total. The summed E-state index contributed by atoms with van der Waals surface area (Å²) in [6, 6.07) is 4.67. The molecule has 0 radical (unpaired) electrons. The van der Waals surface area contributed by atoms with Crippen LogP contribution in [0, 0.1) is 11.8 Å². The van der Waals surface area contributed by atoms with Gasteiger partial charge >= 0.3 is 11.9 Å². The molecular weight excluding hydrogens is 304 g/mol. The van der Waals surface area contributed by atoms with Crippen molar-refractivity contribution in [2.24, 2.45) is 11.8 Å². The topological polar surface area (TPSA) is 102 Å². The van der Waals surface area contributed by atoms with Crippen LogP contribution < -0.4 is 4.74 Å². The van der Waals surface area contributed by atoms with Crippen LogP contribution in [-0.2, 0) is 19.1 Å². The molecular formula is C16H12O7. The maximum atomic E-state index is 11.8. The van der Waals surface area contributed by atoms with Crippen LogP contribution in [0.1, 0.15) is 23.7 Å². The Labute approximate surface area is 130 Å². The first-order valence-electron chi connectivity index (χ1n) is 7.02. The molecule has 1 fully saturated rings. The van der Waals surface area contributed by atoms with E-state index in [1.807, 2.05) is 0 Å². The molecule has 23 heavy (non-hydrogen) atoms. The van der Waals surface area contributed by atoms with Crippen molar-refractivity contribution in [2.45, 2.75) is 12.6 Å². The quantitative estimate of drug-likeness (QED) is 0.616. The molecule has 0 saturated carbocycles. The van der Waals surface area contributed by atoms with Crippen LogP contribution in [0.4, 0.5) is 0 Å². The van der Waals surface area contributed by atoms with Gasteiger partial charge in [-0.1, -0.05) is 12.2 Å². The number of carbonyl (C=O) groups is 2. The van der Waals surface area contributed by atoms with Gasteiger partial charge in [0.15, 0.2) is 12.6 Å². The lowest BCUT2D eigenvalue weighted by Gasteiger charge is -2.19. The summed E-state index contributed by atoms with van der Waals surface area (Å²) in [6.07, 6.45) is 2.40. The molecule has 0 spiro atoms. The molecule has 0 amide bonds. The van der Waals surface area contributed by atoms with Crippen LogP contribution in [-0.4, -0.2) is 22.2 Å². The Morgan fingerprint density at radius 3 is 2.65 bits per heavy atom. The van der Waals surface area contributed by atoms with Crippen LogP contribution in [0.5, 0.6) is 5.75 Å². The number of benzene rings is 1. The van der Waals surface area contributed by atoms with Gasteiger partial charge in [-0.3, -0.25) is 9.59 Å². The van der Waals surface area contributed by atoms with Crippen molar-refractivity contribution >= 4 is 11.9 Å². The first-order chi connectivity index (χ1) is 11.0. The van der Waals surface area contributed by atoms with E-state index in [-0.39, 0.29) is 0 Å². The van der Waals surface area contributed by atoms with Gasteiger partial charge in [0.05, 0.1) is 5.92 Å². The Morgan fingerprint density at radius 2 is 1.83 bits per heavy atom. The van der Waals surface area contributed by atoms with Crippen LogP contribution in [0.2, 0.25) is 0 Å². The van der Waals surface area contributed by atoms with Gasteiger partial charge in [-0.15, -0.1) is 0 Å². The van der Waals surface area contributed by atoms with Crippen molar-refractivity contribution in [3.63, 3.8) is 0 Å². The van der Waals surface area contributed by atoms with Gasteiger partial charge in [0.1, 0.15) is 17.4 Å². The number of allylic oxidation sites excluding steroid dienone is 2. The Hall–Kier alpha value is -2.48. The van der Waals surface area contributed by atoms with E-state index < -0.39 is 36.4 Å². The van der Waals surface area contributed by atoms with Gasteiger partial charge in [0.25, 0.3) is 0 Å². The molecule has 2 aliphatic heterocycles. The van der Waals surface area contributed by atoms with Crippen molar-refractivity contribution in [3.05, 3.63) is 53.3 Å². The molecule has 0 aromatic heterocycles. The third-order valence-corrected chi connectivity index (χ3v) is 4.06. The van der Waals surface area contributed by atoms with Crippen molar-refractivity contribution < 1.29 is 34.0 Å². The maximum Gasteiger partial charge on any atom is 0.325 e. The lowest BCUT2D eigenvalue weighted by molar-refractivity contribution is -0.193. The fraction of sp³-hybridized carbons (Fsp3) is 0.250. The number of aliphatic hydroxyl groups is 2. The predicted octanol–water partition coefficient (Wildman–Crippen LogP) is 0.847. The van der Waals surface area contributed by atoms with Crippen LogP contribution >= 0.6 is 0 Å². The summed E-state index contributed by atoms with van der Waals surface area (Å²) in [7, 11) is 0. The number of ether oxygens (including phenoxy) is 3. The van der Waals surface area contributed by atoms with E-state index in [0.717, 1.165) is 0 Å². The highest BCUT2D eigenvalue weighted by molar-refractivity contribution is 5.99. The number of hydrogen-bond acceptors (Lipinski definition) is 7. The number of esters is 2. The number of hydrogen-bond donors (Lipinski definition) is 2. The fourth-order valence-corrected chi connectivity index (χ4v) is 2.93. The van der Waals surface area contributed by atoms with E-state index in [1.165, 1.54) is 6.07 Å². The van der Waals surface area contributed by atoms with Gasteiger partial charge in [-0.25, -0.2) is 0 Å². The minimum Gasteiger partial charge on any atom is -0.461 e. The first-order valence-corrected chi connectivity index (χ1v) is 7.02. The van der Waals surface area contributed by atoms with Crippen LogP contribution in [0.3, 0.4) is 0 Å². The maximum absolute atomic E-state index is 11.8. The molecule has 4 unspecified atom stereocenters. The second-order valence-corrected chi connectivity index (χ2v) is 5.43. The number of rotatable bonds is 2. The summed E-state index contributed by atoms with van der Waals surface area (Å²) >= 11 is 0. The predicted molar refractivity (Wildman–Crippen MR) is 73.4 cm³/mol. The van der Waals surface area contributed by atoms with Crippen LogP contribution in [0.25, 0.3) is 0 Å². The summed E-state index contributed by atoms with van der Waals surface area (Å²) in [5, 5.41) is 19.3. The van der Waals surface area contributed by atoms with Gasteiger partial charge in [-0.2, -0.15) is 0 Å². The molecule has 0 bridgehead atoms.